The van der Waals surface area contributed by atoms with Gasteiger partial charge in [0.2, 0.25) is 0 Å². The van der Waals surface area contributed by atoms with Gasteiger partial charge in [0.1, 0.15) is 17.9 Å². The van der Waals surface area contributed by atoms with E-state index < -0.39 is 11.8 Å². The molecule has 1 fully saturated rings. The molecule has 0 radical (unpaired) electrons. The third-order valence-corrected chi connectivity index (χ3v) is 5.64. The SMILES string of the molecule is Cc1ccc(COc2ccc3ccccc3c2/C=C2/C(=O)NN(c3ccccc3)C2=O)cc1. The maximum absolute atomic E-state index is 13.1. The molecule has 0 bridgehead atoms. The zero-order chi connectivity index (χ0) is 22.8. The Bertz CT molecular complexity index is 1380. The predicted octanol–water partition coefficient (Wildman–Crippen LogP) is 5.19. The Morgan fingerprint density at radius 2 is 1.58 bits per heavy atom. The van der Waals surface area contributed by atoms with Crippen molar-refractivity contribution in [3.05, 3.63) is 113 Å². The van der Waals surface area contributed by atoms with Crippen molar-refractivity contribution in [1.82, 2.24) is 5.43 Å². The number of rotatable bonds is 5. The Kier molecular flexibility index (Phi) is 5.37. The lowest BCUT2D eigenvalue weighted by Gasteiger charge is -2.14. The molecule has 5 nitrogen and oxygen atoms in total. The van der Waals surface area contributed by atoms with Crippen LogP contribution < -0.4 is 15.2 Å². The normalized spacial score (nSPS) is 14.7. The predicted molar refractivity (Wildman–Crippen MR) is 130 cm³/mol. The zero-order valence-electron chi connectivity index (χ0n) is 18.1. The summed E-state index contributed by atoms with van der Waals surface area (Å²) in [6.45, 7) is 2.42. The van der Waals surface area contributed by atoms with E-state index in [9.17, 15) is 9.59 Å². The summed E-state index contributed by atoms with van der Waals surface area (Å²) in [5.74, 6) is -0.231. The number of ether oxygens (including phenoxy) is 1. The first-order valence-electron chi connectivity index (χ1n) is 10.7. The fraction of sp³-hybridized carbons (Fsp3) is 0.0714. The highest BCUT2D eigenvalue weighted by Gasteiger charge is 2.34. The van der Waals surface area contributed by atoms with E-state index in [4.69, 9.17) is 4.74 Å². The van der Waals surface area contributed by atoms with Crippen LogP contribution in [0.3, 0.4) is 0 Å². The number of fused-ring (bicyclic) bond motifs is 1. The van der Waals surface area contributed by atoms with Gasteiger partial charge in [0.05, 0.1) is 5.69 Å². The molecule has 1 saturated heterocycles. The van der Waals surface area contributed by atoms with Crippen molar-refractivity contribution in [2.75, 3.05) is 5.01 Å². The summed E-state index contributed by atoms with van der Waals surface area (Å²) in [6, 6.07) is 28.9. The van der Waals surface area contributed by atoms with E-state index in [-0.39, 0.29) is 5.57 Å². The fourth-order valence-corrected chi connectivity index (χ4v) is 3.86. The monoisotopic (exact) mass is 434 g/mol. The van der Waals surface area contributed by atoms with Gasteiger partial charge in [0.25, 0.3) is 11.8 Å². The highest BCUT2D eigenvalue weighted by atomic mass is 16.5. The maximum atomic E-state index is 13.1. The van der Waals surface area contributed by atoms with Gasteiger partial charge in [0.15, 0.2) is 0 Å². The van der Waals surface area contributed by atoms with Crippen LogP contribution in [0.4, 0.5) is 5.69 Å². The van der Waals surface area contributed by atoms with Crippen molar-refractivity contribution in [3.63, 3.8) is 0 Å². The van der Waals surface area contributed by atoms with E-state index >= 15 is 0 Å². The molecule has 0 aliphatic carbocycles. The number of aryl methyl sites for hydroxylation is 1. The third-order valence-electron chi connectivity index (χ3n) is 5.64. The maximum Gasteiger partial charge on any atom is 0.282 e. The van der Waals surface area contributed by atoms with Gasteiger partial charge < -0.3 is 4.74 Å². The van der Waals surface area contributed by atoms with Gasteiger partial charge in [-0.2, -0.15) is 0 Å². The molecule has 4 aromatic carbocycles. The minimum absolute atomic E-state index is 0.0652. The van der Waals surface area contributed by atoms with Crippen molar-refractivity contribution in [3.8, 4) is 5.75 Å². The first-order chi connectivity index (χ1) is 16.1. The lowest BCUT2D eigenvalue weighted by Crippen LogP contribution is -2.35. The van der Waals surface area contributed by atoms with Gasteiger partial charge in [-0.3, -0.25) is 15.0 Å². The van der Waals surface area contributed by atoms with Crippen LogP contribution in [0, 0.1) is 6.92 Å². The Morgan fingerprint density at radius 1 is 0.848 bits per heavy atom. The fourth-order valence-electron chi connectivity index (χ4n) is 3.86. The standard InChI is InChI=1S/C28H22N2O3/c1-19-11-13-20(14-12-19)18-33-26-16-15-21-7-5-6-10-23(21)24(26)17-25-27(31)29-30(28(25)32)22-8-3-2-4-9-22/h2-17H,18H2,1H3,(H,29,31)/b25-17-. The molecule has 5 rings (SSSR count). The van der Waals surface area contributed by atoms with Gasteiger partial charge in [0, 0.05) is 5.56 Å². The van der Waals surface area contributed by atoms with Crippen LogP contribution in [-0.4, -0.2) is 11.8 Å². The molecule has 0 atom stereocenters. The molecular formula is C28H22N2O3. The van der Waals surface area contributed by atoms with E-state index in [0.29, 0.717) is 23.6 Å². The van der Waals surface area contributed by atoms with Gasteiger partial charge in [-0.15, -0.1) is 0 Å². The Balaban J connectivity index is 1.54. The first kappa shape index (κ1) is 20.5. The summed E-state index contributed by atoms with van der Waals surface area (Å²) >= 11 is 0. The summed E-state index contributed by atoms with van der Waals surface area (Å²) in [4.78, 5) is 25.9. The second-order valence-electron chi connectivity index (χ2n) is 7.95. The first-order valence-corrected chi connectivity index (χ1v) is 10.7. The van der Waals surface area contributed by atoms with Crippen molar-refractivity contribution < 1.29 is 14.3 Å². The molecule has 0 spiro atoms. The van der Waals surface area contributed by atoms with Crippen LogP contribution in [0.15, 0.2) is 96.6 Å². The number of hydrogen-bond acceptors (Lipinski definition) is 3. The highest BCUT2D eigenvalue weighted by molar-refractivity contribution is 6.32. The van der Waals surface area contributed by atoms with Crippen molar-refractivity contribution in [2.24, 2.45) is 0 Å². The number of nitrogens with zero attached hydrogens (tertiary/aromatic N) is 1. The number of benzene rings is 4. The number of hydrogen-bond donors (Lipinski definition) is 1. The topological polar surface area (TPSA) is 58.6 Å². The summed E-state index contributed by atoms with van der Waals surface area (Å²) in [5.41, 5.74) is 6.25. The van der Waals surface area contributed by atoms with Gasteiger partial charge in [-0.25, -0.2) is 5.01 Å². The number of carbonyl (C=O) groups is 2. The van der Waals surface area contributed by atoms with Crippen LogP contribution in [0.5, 0.6) is 5.75 Å². The van der Waals surface area contributed by atoms with Crippen molar-refractivity contribution in [1.29, 1.82) is 0 Å². The van der Waals surface area contributed by atoms with Crippen LogP contribution >= 0.6 is 0 Å². The molecule has 4 aromatic rings. The molecule has 0 aromatic heterocycles. The van der Waals surface area contributed by atoms with E-state index in [1.807, 2.05) is 85.8 Å². The number of anilines is 1. The quantitative estimate of drug-likeness (QED) is 0.347. The Morgan fingerprint density at radius 3 is 2.36 bits per heavy atom. The van der Waals surface area contributed by atoms with E-state index in [2.05, 4.69) is 5.43 Å². The molecule has 2 amide bonds. The molecule has 5 heteroatoms. The van der Waals surface area contributed by atoms with Gasteiger partial charge in [-0.05, 0) is 47.5 Å². The molecule has 0 unspecified atom stereocenters. The molecule has 33 heavy (non-hydrogen) atoms. The molecule has 1 N–H and O–H groups in total. The summed E-state index contributed by atoms with van der Waals surface area (Å²) in [5, 5.41) is 3.18. The van der Waals surface area contributed by atoms with Crippen LogP contribution in [-0.2, 0) is 16.2 Å². The summed E-state index contributed by atoms with van der Waals surface area (Å²) in [7, 11) is 0. The second kappa shape index (κ2) is 8.63. The summed E-state index contributed by atoms with van der Waals surface area (Å²) in [6.07, 6.45) is 1.63. The minimum Gasteiger partial charge on any atom is -0.488 e. The van der Waals surface area contributed by atoms with E-state index in [1.54, 1.807) is 18.2 Å². The van der Waals surface area contributed by atoms with Crippen LogP contribution in [0.1, 0.15) is 16.7 Å². The number of carbonyl (C=O) groups excluding carboxylic acids is 2. The average molecular weight is 434 g/mol. The minimum atomic E-state index is -0.443. The molecular weight excluding hydrogens is 412 g/mol. The highest BCUT2D eigenvalue weighted by Crippen LogP contribution is 2.32. The van der Waals surface area contributed by atoms with Gasteiger partial charge in [-0.1, -0.05) is 78.4 Å². The van der Waals surface area contributed by atoms with Crippen LogP contribution in [0.2, 0.25) is 0 Å². The average Bonchev–Trinajstić information content (AvgIpc) is 3.13. The number of nitrogens with one attached hydrogen (secondary N) is 1. The molecule has 1 aliphatic heterocycles. The van der Waals surface area contributed by atoms with E-state index in [1.165, 1.54) is 10.6 Å². The number of para-hydroxylation sites is 1. The smallest absolute Gasteiger partial charge is 0.282 e. The Labute approximate surface area is 191 Å². The van der Waals surface area contributed by atoms with Crippen LogP contribution in [0.25, 0.3) is 16.8 Å². The van der Waals surface area contributed by atoms with E-state index in [0.717, 1.165) is 16.3 Å². The summed E-state index contributed by atoms with van der Waals surface area (Å²) < 4.78 is 6.16. The lowest BCUT2D eigenvalue weighted by atomic mass is 10.0. The molecule has 0 saturated carbocycles. The zero-order valence-corrected chi connectivity index (χ0v) is 18.1. The van der Waals surface area contributed by atoms with Gasteiger partial charge >= 0.3 is 0 Å². The lowest BCUT2D eigenvalue weighted by molar-refractivity contribution is -0.117. The van der Waals surface area contributed by atoms with Crippen molar-refractivity contribution in [2.45, 2.75) is 13.5 Å². The number of hydrazine groups is 1. The molecule has 1 aliphatic rings. The molecule has 162 valence electrons. The number of amides is 2. The largest absolute Gasteiger partial charge is 0.488 e. The molecule has 1 heterocycles. The second-order valence-corrected chi connectivity index (χ2v) is 7.95. The third kappa shape index (κ3) is 4.08. The van der Waals surface area contributed by atoms with Crippen molar-refractivity contribution >= 4 is 34.4 Å². The Hall–Kier alpha value is -4.38.